The van der Waals surface area contributed by atoms with Gasteiger partial charge in [-0.3, -0.25) is 0 Å². The van der Waals surface area contributed by atoms with Gasteiger partial charge in [-0.1, -0.05) is 246 Å². The number of fused-ring (bicyclic) bond motifs is 2. The minimum atomic E-state index is -0.359. The van der Waals surface area contributed by atoms with Gasteiger partial charge < -0.3 is 0 Å². The van der Waals surface area contributed by atoms with Crippen LogP contribution < -0.4 is 0 Å². The first-order valence-corrected chi connectivity index (χ1v) is 23.3. The van der Waals surface area contributed by atoms with Crippen LogP contribution in [0.3, 0.4) is 0 Å². The van der Waals surface area contributed by atoms with Crippen molar-refractivity contribution in [3.8, 4) is 89.0 Å². The smallest absolute Gasteiger partial charge is 0.0153 e. The van der Waals surface area contributed by atoms with Crippen molar-refractivity contribution < 1.29 is 0 Å². The van der Waals surface area contributed by atoms with Gasteiger partial charge >= 0.3 is 0 Å². The fourth-order valence-electron chi connectivity index (χ4n) is 10.8. The Morgan fingerprint density at radius 3 is 0.545 bits per heavy atom. The van der Waals surface area contributed by atoms with Crippen molar-refractivity contribution in [1.82, 2.24) is 0 Å². The first-order chi connectivity index (χ1) is 32.3. The van der Waals surface area contributed by atoms with Crippen molar-refractivity contribution >= 4 is 0 Å². The van der Waals surface area contributed by atoms with E-state index < -0.39 is 0 Å². The zero-order valence-corrected chi connectivity index (χ0v) is 38.1. The number of benzene rings is 10. The molecule has 0 amide bonds. The molecule has 0 saturated carbocycles. The third-order valence-electron chi connectivity index (χ3n) is 14.2. The number of rotatable bonds is 8. The van der Waals surface area contributed by atoms with Crippen LogP contribution in [0.2, 0.25) is 0 Å². The molecule has 11 rings (SSSR count). The van der Waals surface area contributed by atoms with Crippen molar-refractivity contribution in [2.24, 2.45) is 0 Å². The van der Waals surface area contributed by atoms with E-state index >= 15 is 0 Å². The Morgan fingerprint density at radius 2 is 0.348 bits per heavy atom. The first kappa shape index (κ1) is 40.9. The van der Waals surface area contributed by atoms with Gasteiger partial charge in [-0.05, 0) is 136 Å². The molecule has 0 N–H and O–H groups in total. The van der Waals surface area contributed by atoms with Crippen molar-refractivity contribution in [3.05, 3.63) is 265 Å². The normalized spacial score (nSPS) is 13.4. The highest BCUT2D eigenvalue weighted by atomic mass is 14.5. The Hall–Kier alpha value is -7.80. The molecule has 10 aromatic carbocycles. The summed E-state index contributed by atoms with van der Waals surface area (Å²) in [5.74, 6) is 0. The third-order valence-corrected chi connectivity index (χ3v) is 14.2. The van der Waals surface area contributed by atoms with Gasteiger partial charge in [-0.15, -0.1) is 0 Å². The molecule has 0 spiro atoms. The molecule has 0 nitrogen and oxygen atoms in total. The van der Waals surface area contributed by atoms with E-state index in [0.717, 1.165) is 0 Å². The van der Waals surface area contributed by atoms with Crippen molar-refractivity contribution in [2.45, 2.75) is 38.5 Å². The van der Waals surface area contributed by atoms with Crippen molar-refractivity contribution in [1.29, 1.82) is 0 Å². The second-order valence-electron chi connectivity index (χ2n) is 18.8. The van der Waals surface area contributed by atoms with Crippen molar-refractivity contribution in [3.63, 3.8) is 0 Å². The summed E-state index contributed by atoms with van der Waals surface area (Å²) in [6.45, 7) is 9.81. The Labute approximate surface area is 390 Å². The van der Waals surface area contributed by atoms with Crippen LogP contribution in [-0.2, 0) is 10.8 Å². The van der Waals surface area contributed by atoms with Gasteiger partial charge in [0, 0.05) is 10.8 Å². The van der Waals surface area contributed by atoms with Gasteiger partial charge in [0.2, 0.25) is 0 Å². The Balaban J connectivity index is 1.22. The van der Waals surface area contributed by atoms with E-state index in [1.54, 1.807) is 0 Å². The average molecular weight is 845 g/mol. The number of hydrogen-bond acceptors (Lipinski definition) is 0. The topological polar surface area (TPSA) is 0 Å². The van der Waals surface area contributed by atoms with Gasteiger partial charge in [-0.2, -0.15) is 0 Å². The minimum Gasteiger partial charge on any atom is -0.0622 e. The molecule has 0 fully saturated rings. The van der Waals surface area contributed by atoms with E-state index in [9.17, 15) is 0 Å². The Bertz CT molecular complexity index is 2920. The Kier molecular flexibility index (Phi) is 10.3. The Morgan fingerprint density at radius 1 is 0.182 bits per heavy atom. The quantitative estimate of drug-likeness (QED) is 0.143. The van der Waals surface area contributed by atoms with Crippen LogP contribution in [-0.4, -0.2) is 0 Å². The van der Waals surface area contributed by atoms with E-state index in [1.807, 2.05) is 0 Å². The fraction of sp³-hybridized carbons (Fsp3) is 0.0909. The largest absolute Gasteiger partial charge is 0.0622 e. The van der Waals surface area contributed by atoms with Crippen LogP contribution in [0.4, 0.5) is 0 Å². The average Bonchev–Trinajstić information content (AvgIpc) is 3.38. The number of hydrogen-bond donors (Lipinski definition) is 0. The molecular weight excluding hydrogens is 793 g/mol. The maximum absolute atomic E-state index is 2.56. The maximum atomic E-state index is 2.56. The summed E-state index contributed by atoms with van der Waals surface area (Å²) in [5.41, 5.74) is 24.4. The first-order valence-electron chi connectivity index (χ1n) is 23.3. The van der Waals surface area contributed by atoms with Gasteiger partial charge in [0.15, 0.2) is 0 Å². The molecule has 0 atom stereocenters. The van der Waals surface area contributed by atoms with E-state index in [-0.39, 0.29) is 10.8 Å². The second kappa shape index (κ2) is 16.6. The molecule has 0 heterocycles. The summed E-state index contributed by atoms with van der Waals surface area (Å²) < 4.78 is 0. The lowest BCUT2D eigenvalue weighted by atomic mass is 9.58. The van der Waals surface area contributed by atoms with Crippen LogP contribution in [0.25, 0.3) is 89.0 Å². The summed E-state index contributed by atoms with van der Waals surface area (Å²) in [4.78, 5) is 0. The summed E-state index contributed by atoms with van der Waals surface area (Å²) in [6.07, 6.45) is 0. The van der Waals surface area contributed by atoms with Crippen LogP contribution in [0.5, 0.6) is 0 Å². The SMILES string of the molecule is CC1(C)c2cc(-c3ccccc3-c3ccccc3)c(-c3ccccc3-c3ccccc3)cc2C(C)(C)c2cc(-c3ccccc3-c3ccccc3)c(-c3ccccc3-c3ccccc3)cc21. The molecule has 0 aliphatic heterocycles. The molecule has 66 heavy (non-hydrogen) atoms. The van der Waals surface area contributed by atoms with Gasteiger partial charge in [0.25, 0.3) is 0 Å². The molecular formula is C66H52. The summed E-state index contributed by atoms with van der Waals surface area (Å²) in [6, 6.07) is 89.6. The lowest BCUT2D eigenvalue weighted by molar-refractivity contribution is 0.521. The van der Waals surface area contributed by atoms with E-state index in [1.165, 1.54) is 111 Å². The summed E-state index contributed by atoms with van der Waals surface area (Å²) in [5, 5.41) is 0. The fourth-order valence-corrected chi connectivity index (χ4v) is 10.8. The van der Waals surface area contributed by atoms with E-state index in [2.05, 4.69) is 270 Å². The van der Waals surface area contributed by atoms with Gasteiger partial charge in [-0.25, -0.2) is 0 Å². The molecule has 316 valence electrons. The van der Waals surface area contributed by atoms with Crippen LogP contribution in [0.15, 0.2) is 243 Å². The zero-order valence-electron chi connectivity index (χ0n) is 38.1. The van der Waals surface area contributed by atoms with Crippen LogP contribution in [0, 0.1) is 0 Å². The predicted octanol–water partition coefficient (Wildman–Crippen LogP) is 18.0. The highest BCUT2D eigenvalue weighted by Crippen LogP contribution is 2.56. The van der Waals surface area contributed by atoms with Crippen molar-refractivity contribution in [2.75, 3.05) is 0 Å². The standard InChI is InChI=1S/C66H52/c1-65(2)61-41-57(53-37-21-17-33-49(53)45-25-9-5-10-26-45)59(55-39-23-19-35-51(55)47-29-13-7-14-30-47)43-63(61)66(3,4)64-44-60(56-40-24-20-36-52(56)48-31-15-8-16-32-48)58(42-62(64)65)54-38-22-18-34-50(54)46-27-11-6-12-28-46/h5-44H,1-4H3. The summed E-state index contributed by atoms with van der Waals surface area (Å²) >= 11 is 0. The third kappa shape index (κ3) is 7.02. The molecule has 0 aromatic heterocycles. The van der Waals surface area contributed by atoms with Gasteiger partial charge in [0.05, 0.1) is 0 Å². The molecule has 0 unspecified atom stereocenters. The highest BCUT2D eigenvalue weighted by molar-refractivity contribution is 5.99. The second-order valence-corrected chi connectivity index (χ2v) is 18.8. The van der Waals surface area contributed by atoms with E-state index in [0.29, 0.717) is 0 Å². The van der Waals surface area contributed by atoms with E-state index in [4.69, 9.17) is 0 Å². The molecule has 0 bridgehead atoms. The molecule has 10 aromatic rings. The zero-order chi connectivity index (χ0) is 44.8. The lowest BCUT2D eigenvalue weighted by Gasteiger charge is -2.45. The lowest BCUT2D eigenvalue weighted by Crippen LogP contribution is -2.37. The maximum Gasteiger partial charge on any atom is 0.0153 e. The molecule has 1 aliphatic carbocycles. The molecule has 1 aliphatic rings. The highest BCUT2D eigenvalue weighted by Gasteiger charge is 2.43. The van der Waals surface area contributed by atoms with Crippen LogP contribution >= 0.6 is 0 Å². The monoisotopic (exact) mass is 844 g/mol. The molecule has 0 heteroatoms. The minimum absolute atomic E-state index is 0.359. The van der Waals surface area contributed by atoms with Gasteiger partial charge in [0.1, 0.15) is 0 Å². The summed E-state index contributed by atoms with van der Waals surface area (Å²) in [7, 11) is 0. The predicted molar refractivity (Wildman–Crippen MR) is 281 cm³/mol. The van der Waals surface area contributed by atoms with Crippen LogP contribution in [0.1, 0.15) is 49.9 Å². The molecule has 0 saturated heterocycles. The molecule has 0 radical (unpaired) electrons.